The third-order valence-electron chi connectivity index (χ3n) is 4.32. The largest absolute Gasteiger partial charge is 0.423 e. The van der Waals surface area contributed by atoms with Crippen molar-refractivity contribution in [3.05, 3.63) is 89.5 Å². The molecule has 3 aromatic carbocycles. The SMILES string of the molecule is Cc1ccccc1C(=O)Oc1ccc(NC2=NS(=O)(=O)c3ccccc32)cc1. The predicted octanol–water partition coefficient (Wildman–Crippen LogP) is 3.78. The van der Waals surface area contributed by atoms with E-state index in [1.807, 2.05) is 19.1 Å². The van der Waals surface area contributed by atoms with E-state index in [1.54, 1.807) is 54.6 Å². The molecule has 6 nitrogen and oxygen atoms in total. The van der Waals surface area contributed by atoms with Gasteiger partial charge in [-0.15, -0.1) is 4.40 Å². The molecule has 4 rings (SSSR count). The summed E-state index contributed by atoms with van der Waals surface area (Å²) in [6.45, 7) is 1.85. The Kier molecular flexibility index (Phi) is 4.44. The number of nitrogens with zero attached hydrogens (tertiary/aromatic N) is 1. The summed E-state index contributed by atoms with van der Waals surface area (Å²) < 4.78 is 33.4. The Hall–Kier alpha value is -3.45. The summed E-state index contributed by atoms with van der Waals surface area (Å²) in [6.07, 6.45) is 0. The Morgan fingerprint density at radius 1 is 0.929 bits per heavy atom. The molecule has 0 aliphatic carbocycles. The average molecular weight is 392 g/mol. The van der Waals surface area contributed by atoms with E-state index in [2.05, 4.69) is 9.71 Å². The summed E-state index contributed by atoms with van der Waals surface area (Å²) in [5, 5.41) is 3.00. The van der Waals surface area contributed by atoms with Gasteiger partial charge in [-0.25, -0.2) is 4.79 Å². The molecule has 0 unspecified atom stereocenters. The van der Waals surface area contributed by atoms with Gasteiger partial charge in [-0.05, 0) is 55.0 Å². The van der Waals surface area contributed by atoms with Gasteiger partial charge >= 0.3 is 5.97 Å². The molecule has 28 heavy (non-hydrogen) atoms. The number of fused-ring (bicyclic) bond motifs is 1. The standard InChI is InChI=1S/C21H16N2O4S/c1-14-6-2-3-7-17(14)21(24)27-16-12-10-15(11-13-16)22-20-18-8-4-5-9-19(18)28(25,26)23-20/h2-13H,1H3,(H,22,23). The lowest BCUT2D eigenvalue weighted by Crippen LogP contribution is -2.12. The van der Waals surface area contributed by atoms with Crippen LogP contribution in [0.3, 0.4) is 0 Å². The molecule has 0 radical (unpaired) electrons. The van der Waals surface area contributed by atoms with Crippen LogP contribution in [0.15, 0.2) is 82.1 Å². The molecule has 0 fully saturated rings. The number of sulfonamides is 1. The minimum Gasteiger partial charge on any atom is -0.423 e. The highest BCUT2D eigenvalue weighted by Gasteiger charge is 2.28. The maximum absolute atomic E-state index is 12.3. The second kappa shape index (κ2) is 6.94. The summed E-state index contributed by atoms with van der Waals surface area (Å²) >= 11 is 0. The fraction of sp³-hybridized carbons (Fsp3) is 0.0476. The van der Waals surface area contributed by atoms with Crippen LogP contribution in [0.4, 0.5) is 5.69 Å². The number of ether oxygens (including phenoxy) is 1. The molecule has 7 heteroatoms. The molecule has 0 amide bonds. The first-order valence-corrected chi connectivity index (χ1v) is 9.97. The van der Waals surface area contributed by atoms with Crippen molar-refractivity contribution in [3.63, 3.8) is 0 Å². The lowest BCUT2D eigenvalue weighted by atomic mass is 10.1. The molecule has 0 saturated carbocycles. The lowest BCUT2D eigenvalue weighted by molar-refractivity contribution is 0.0734. The molecule has 0 saturated heterocycles. The molecular weight excluding hydrogens is 376 g/mol. The van der Waals surface area contributed by atoms with E-state index < -0.39 is 16.0 Å². The van der Waals surface area contributed by atoms with E-state index in [0.717, 1.165) is 5.56 Å². The number of carbonyl (C=O) groups is 1. The number of amidine groups is 1. The van der Waals surface area contributed by atoms with Crippen molar-refractivity contribution in [1.82, 2.24) is 0 Å². The number of anilines is 1. The third kappa shape index (κ3) is 3.39. The average Bonchev–Trinajstić information content (AvgIpc) is 2.94. The van der Waals surface area contributed by atoms with Crippen molar-refractivity contribution in [2.24, 2.45) is 4.40 Å². The minimum atomic E-state index is -3.68. The van der Waals surface area contributed by atoms with Gasteiger partial charge in [0.15, 0.2) is 5.84 Å². The van der Waals surface area contributed by atoms with E-state index in [9.17, 15) is 13.2 Å². The number of benzene rings is 3. The Morgan fingerprint density at radius 3 is 2.36 bits per heavy atom. The number of hydrogen-bond acceptors (Lipinski definition) is 5. The van der Waals surface area contributed by atoms with Gasteiger partial charge in [0.25, 0.3) is 10.0 Å². The monoisotopic (exact) mass is 392 g/mol. The number of aryl methyl sites for hydroxylation is 1. The summed E-state index contributed by atoms with van der Waals surface area (Å²) in [7, 11) is -3.68. The molecule has 0 bridgehead atoms. The second-order valence-electron chi connectivity index (χ2n) is 6.26. The fourth-order valence-corrected chi connectivity index (χ4v) is 4.08. The van der Waals surface area contributed by atoms with Gasteiger partial charge in [0.1, 0.15) is 10.6 Å². The lowest BCUT2D eigenvalue weighted by Gasteiger charge is -2.09. The number of nitrogens with one attached hydrogen (secondary N) is 1. The van der Waals surface area contributed by atoms with Crippen LogP contribution in [0.1, 0.15) is 21.5 Å². The first kappa shape index (κ1) is 17.9. The van der Waals surface area contributed by atoms with Crippen molar-refractivity contribution in [2.45, 2.75) is 11.8 Å². The molecule has 1 heterocycles. The highest BCUT2D eigenvalue weighted by molar-refractivity contribution is 7.90. The smallest absolute Gasteiger partial charge is 0.343 e. The number of hydrogen-bond donors (Lipinski definition) is 1. The molecule has 1 aliphatic heterocycles. The molecule has 0 spiro atoms. The zero-order chi connectivity index (χ0) is 19.7. The van der Waals surface area contributed by atoms with Crippen molar-refractivity contribution in [2.75, 3.05) is 5.32 Å². The van der Waals surface area contributed by atoms with Crippen LogP contribution in [0, 0.1) is 6.92 Å². The van der Waals surface area contributed by atoms with E-state index in [4.69, 9.17) is 4.74 Å². The topological polar surface area (TPSA) is 84.8 Å². The molecule has 1 N–H and O–H groups in total. The van der Waals surface area contributed by atoms with Crippen LogP contribution in [0.5, 0.6) is 5.75 Å². The Bertz CT molecular complexity index is 1200. The Labute approximate surface area is 162 Å². The van der Waals surface area contributed by atoms with Gasteiger partial charge in [-0.3, -0.25) is 0 Å². The zero-order valence-electron chi connectivity index (χ0n) is 14.9. The van der Waals surface area contributed by atoms with Crippen LogP contribution in [0.25, 0.3) is 0 Å². The Balaban J connectivity index is 1.51. The quantitative estimate of drug-likeness (QED) is 0.542. The Morgan fingerprint density at radius 2 is 1.61 bits per heavy atom. The number of rotatable bonds is 3. The van der Waals surface area contributed by atoms with E-state index >= 15 is 0 Å². The highest BCUT2D eigenvalue weighted by atomic mass is 32.2. The van der Waals surface area contributed by atoms with Crippen molar-refractivity contribution in [1.29, 1.82) is 0 Å². The van der Waals surface area contributed by atoms with Gasteiger partial charge in [0.05, 0.1) is 5.56 Å². The van der Waals surface area contributed by atoms with E-state index in [-0.39, 0.29) is 10.7 Å². The van der Waals surface area contributed by atoms with Crippen molar-refractivity contribution < 1.29 is 17.9 Å². The predicted molar refractivity (Wildman–Crippen MR) is 106 cm³/mol. The van der Waals surface area contributed by atoms with Gasteiger partial charge in [0.2, 0.25) is 0 Å². The second-order valence-corrected chi connectivity index (χ2v) is 7.84. The number of esters is 1. The first-order valence-electron chi connectivity index (χ1n) is 8.53. The summed E-state index contributed by atoms with van der Waals surface area (Å²) in [5.41, 5.74) is 2.50. The van der Waals surface area contributed by atoms with Gasteiger partial charge in [-0.1, -0.05) is 30.3 Å². The zero-order valence-corrected chi connectivity index (χ0v) is 15.7. The minimum absolute atomic E-state index is 0.182. The van der Waals surface area contributed by atoms with E-state index in [1.165, 1.54) is 6.07 Å². The molecule has 3 aromatic rings. The van der Waals surface area contributed by atoms with Crippen molar-refractivity contribution >= 4 is 27.5 Å². The highest BCUT2D eigenvalue weighted by Crippen LogP contribution is 2.27. The summed E-state index contributed by atoms with van der Waals surface area (Å²) in [6, 6.07) is 20.5. The molecular formula is C21H16N2O4S. The molecule has 1 aliphatic rings. The maximum atomic E-state index is 12.3. The van der Waals surface area contributed by atoms with Crippen LogP contribution in [0.2, 0.25) is 0 Å². The maximum Gasteiger partial charge on any atom is 0.343 e. The van der Waals surface area contributed by atoms with Crippen LogP contribution in [-0.2, 0) is 10.0 Å². The van der Waals surface area contributed by atoms with Crippen LogP contribution >= 0.6 is 0 Å². The van der Waals surface area contributed by atoms with Gasteiger partial charge in [-0.2, -0.15) is 8.42 Å². The first-order chi connectivity index (χ1) is 13.4. The van der Waals surface area contributed by atoms with E-state index in [0.29, 0.717) is 22.6 Å². The molecule has 0 aromatic heterocycles. The number of carbonyl (C=O) groups excluding carboxylic acids is 1. The van der Waals surface area contributed by atoms with Crippen LogP contribution in [-0.4, -0.2) is 20.2 Å². The van der Waals surface area contributed by atoms with Crippen molar-refractivity contribution in [3.8, 4) is 5.75 Å². The fourth-order valence-electron chi connectivity index (χ4n) is 2.90. The molecule has 0 atom stereocenters. The van der Waals surface area contributed by atoms with Crippen LogP contribution < -0.4 is 10.1 Å². The van der Waals surface area contributed by atoms with Gasteiger partial charge < -0.3 is 10.1 Å². The molecule has 140 valence electrons. The third-order valence-corrected chi connectivity index (χ3v) is 5.66. The normalized spacial score (nSPS) is 14.1. The van der Waals surface area contributed by atoms with Gasteiger partial charge in [0, 0.05) is 11.3 Å². The summed E-state index contributed by atoms with van der Waals surface area (Å²) in [4.78, 5) is 12.5. The summed E-state index contributed by atoms with van der Waals surface area (Å²) in [5.74, 6) is 0.222.